The zero-order valence-corrected chi connectivity index (χ0v) is 32.6. The number of fused-ring (bicyclic) bond motifs is 1. The summed E-state index contributed by atoms with van der Waals surface area (Å²) in [7, 11) is -0.473. The molecule has 274 valence electrons. The molecule has 0 fully saturated rings. The molecule has 52 heavy (non-hydrogen) atoms. The molecule has 0 saturated carbocycles. The van der Waals surface area contributed by atoms with Gasteiger partial charge in [-0.15, -0.1) is 0 Å². The molecule has 0 radical (unpaired) electrons. The Morgan fingerprint density at radius 2 is 1.54 bits per heavy atom. The fourth-order valence-electron chi connectivity index (χ4n) is 5.66. The summed E-state index contributed by atoms with van der Waals surface area (Å²) in [4.78, 5) is 18.1. The maximum atomic E-state index is 13.5. The lowest BCUT2D eigenvalue weighted by Gasteiger charge is -2.25. The molecule has 0 unspecified atom stereocenters. The first kappa shape index (κ1) is 38.3. The number of urea groups is 1. The summed E-state index contributed by atoms with van der Waals surface area (Å²) in [5.41, 5.74) is 3.00. The van der Waals surface area contributed by atoms with Gasteiger partial charge in [-0.25, -0.2) is 17.5 Å². The number of aromatic nitrogens is 1. The van der Waals surface area contributed by atoms with Crippen LogP contribution in [-0.4, -0.2) is 65.4 Å². The summed E-state index contributed by atoms with van der Waals surface area (Å²) in [5.74, 6) is 1.88. The highest BCUT2D eigenvalue weighted by Crippen LogP contribution is 2.43. The van der Waals surface area contributed by atoms with Crippen molar-refractivity contribution in [3.8, 4) is 23.0 Å². The van der Waals surface area contributed by atoms with Crippen molar-refractivity contribution in [1.82, 2.24) is 9.29 Å². The molecule has 5 aromatic rings. The molecule has 1 heterocycles. The third-order valence-electron chi connectivity index (χ3n) is 8.46. The molecule has 0 saturated heterocycles. The zero-order chi connectivity index (χ0) is 38.0. The molecule has 0 aliphatic rings. The van der Waals surface area contributed by atoms with Crippen molar-refractivity contribution < 1.29 is 32.0 Å². The van der Waals surface area contributed by atoms with Crippen molar-refractivity contribution in [2.45, 2.75) is 37.5 Å². The van der Waals surface area contributed by atoms with Crippen LogP contribution in [0.25, 0.3) is 10.8 Å². The zero-order valence-electron chi connectivity index (χ0n) is 30.9. The van der Waals surface area contributed by atoms with Crippen LogP contribution in [0.15, 0.2) is 90.0 Å². The van der Waals surface area contributed by atoms with E-state index in [-0.39, 0.29) is 10.3 Å². The Labute approximate surface area is 305 Å². The minimum atomic E-state index is -3.68. The van der Waals surface area contributed by atoms with Crippen LogP contribution in [0, 0.1) is 0 Å². The molecule has 2 N–H and O–H groups in total. The van der Waals surface area contributed by atoms with Gasteiger partial charge in [0.2, 0.25) is 10.0 Å². The average Bonchev–Trinajstić information content (AvgIpc) is 3.08. The van der Waals surface area contributed by atoms with Crippen LogP contribution in [0.3, 0.4) is 0 Å². The van der Waals surface area contributed by atoms with Crippen LogP contribution in [0.4, 0.5) is 16.2 Å². The van der Waals surface area contributed by atoms with E-state index < -0.39 is 23.2 Å². The molecule has 0 spiro atoms. The van der Waals surface area contributed by atoms with Gasteiger partial charge in [0.05, 0.1) is 35.8 Å². The van der Waals surface area contributed by atoms with E-state index in [2.05, 4.69) is 36.4 Å². The van der Waals surface area contributed by atoms with E-state index in [1.54, 1.807) is 55.9 Å². The first-order valence-corrected chi connectivity index (χ1v) is 20.6. The molecule has 5 rings (SSSR count). The Balaban J connectivity index is 1.40. The number of rotatable bonds is 11. The fraction of sp³-hybridized carbons (Fsp3) is 0.282. The minimum Gasteiger partial charge on any atom is -0.497 e. The van der Waals surface area contributed by atoms with Gasteiger partial charge >= 0.3 is 6.03 Å². The average molecular weight is 745 g/mol. The van der Waals surface area contributed by atoms with Crippen LogP contribution in [-0.2, 0) is 26.4 Å². The van der Waals surface area contributed by atoms with Crippen molar-refractivity contribution in [3.63, 3.8) is 0 Å². The van der Waals surface area contributed by atoms with Gasteiger partial charge in [0, 0.05) is 55.3 Å². The third kappa shape index (κ3) is 8.58. The van der Waals surface area contributed by atoms with Gasteiger partial charge in [0.1, 0.15) is 24.4 Å². The molecule has 13 heteroatoms. The number of sulfonamides is 1. The van der Waals surface area contributed by atoms with Gasteiger partial charge in [0.25, 0.3) is 0 Å². The summed E-state index contributed by atoms with van der Waals surface area (Å²) in [5, 5.41) is 7.96. The van der Waals surface area contributed by atoms with Crippen LogP contribution in [0.1, 0.15) is 37.6 Å². The highest BCUT2D eigenvalue weighted by molar-refractivity contribution is 7.89. The standard InChI is InChI=1S/C39H45N4O7PS/c1-39(2,3)26-21-34(37(49-7)36(22-26)51(8,9)45)42-38(44)41-33-14-15-35(32-13-11-10-12-31(32)33)50-28-16-17-40-27(23-28)18-25-19-29(48-6)24-30(20-25)52(46,47)43(4)5/h10-17,19-24H,18H2,1-9H3,(H2,41,42,44). The van der Waals surface area contributed by atoms with Gasteiger partial charge in [-0.3, -0.25) is 4.98 Å². The summed E-state index contributed by atoms with van der Waals surface area (Å²) >= 11 is 0. The van der Waals surface area contributed by atoms with Crippen molar-refractivity contribution in [1.29, 1.82) is 0 Å². The number of anilines is 2. The van der Waals surface area contributed by atoms with E-state index in [4.69, 9.17) is 14.2 Å². The topological polar surface area (TPSA) is 136 Å². The number of amides is 2. The van der Waals surface area contributed by atoms with Crippen molar-refractivity contribution in [2.75, 3.05) is 52.3 Å². The van der Waals surface area contributed by atoms with Crippen molar-refractivity contribution in [2.24, 2.45) is 0 Å². The van der Waals surface area contributed by atoms with Crippen LogP contribution < -0.4 is 30.1 Å². The van der Waals surface area contributed by atoms with Crippen molar-refractivity contribution >= 4 is 50.6 Å². The first-order chi connectivity index (χ1) is 24.4. The van der Waals surface area contributed by atoms with E-state index in [9.17, 15) is 17.8 Å². The largest absolute Gasteiger partial charge is 0.497 e. The van der Waals surface area contributed by atoms with E-state index in [1.165, 1.54) is 34.4 Å². The number of nitrogens with one attached hydrogen (secondary N) is 2. The Hall–Kier alpha value is -4.90. The second-order valence-corrected chi connectivity index (χ2v) is 19.3. The lowest BCUT2D eigenvalue weighted by molar-refractivity contribution is 0.262. The van der Waals surface area contributed by atoms with Crippen molar-refractivity contribution in [3.05, 3.63) is 102 Å². The number of pyridine rings is 1. The molecule has 0 atom stereocenters. The fourth-order valence-corrected chi connectivity index (χ4v) is 7.80. The van der Waals surface area contributed by atoms with Gasteiger partial charge in [0.15, 0.2) is 5.75 Å². The Morgan fingerprint density at radius 1 is 0.846 bits per heavy atom. The van der Waals surface area contributed by atoms with E-state index in [0.717, 1.165) is 20.6 Å². The molecule has 2 amide bonds. The number of nitrogens with zero attached hydrogens (tertiary/aromatic N) is 2. The summed E-state index contributed by atoms with van der Waals surface area (Å²) in [6.45, 7) is 9.52. The number of benzene rings is 4. The number of methoxy groups -OCH3 is 2. The summed E-state index contributed by atoms with van der Waals surface area (Å²) in [6.07, 6.45) is 1.97. The molecular weight excluding hydrogens is 699 g/mol. The van der Waals surface area contributed by atoms with Gasteiger partial charge in [-0.05, 0) is 72.3 Å². The van der Waals surface area contributed by atoms with Crippen LogP contribution >= 0.6 is 7.14 Å². The molecule has 4 aromatic carbocycles. The Kier molecular flexibility index (Phi) is 11.0. The molecule has 0 bridgehead atoms. The van der Waals surface area contributed by atoms with Crippen LogP contribution in [0.2, 0.25) is 0 Å². The Bertz CT molecular complexity index is 2300. The molecule has 1 aromatic heterocycles. The SMILES string of the molecule is COc1cc(Cc2cc(Oc3ccc(NC(=O)Nc4cc(C(C)(C)C)cc(P(C)(C)=O)c4OC)c4ccccc34)ccn2)cc(S(=O)(=O)N(C)C)c1. The predicted molar refractivity (Wildman–Crippen MR) is 208 cm³/mol. The number of carbonyl (C=O) groups is 1. The van der Waals surface area contributed by atoms with E-state index in [0.29, 0.717) is 57.4 Å². The maximum absolute atomic E-state index is 13.5. The minimum absolute atomic E-state index is 0.128. The quantitative estimate of drug-likeness (QED) is 0.130. The predicted octanol–water partition coefficient (Wildman–Crippen LogP) is 8.07. The highest BCUT2D eigenvalue weighted by Gasteiger charge is 2.26. The lowest BCUT2D eigenvalue weighted by Crippen LogP contribution is -2.23. The van der Waals surface area contributed by atoms with E-state index in [1.807, 2.05) is 36.4 Å². The number of hydrogen-bond acceptors (Lipinski definition) is 8. The maximum Gasteiger partial charge on any atom is 0.323 e. The van der Waals surface area contributed by atoms with Gasteiger partial charge < -0.3 is 29.4 Å². The highest BCUT2D eigenvalue weighted by atomic mass is 32.2. The lowest BCUT2D eigenvalue weighted by atomic mass is 9.86. The van der Waals surface area contributed by atoms with Gasteiger partial charge in [-0.1, -0.05) is 45.0 Å². The molecule has 0 aliphatic heterocycles. The smallest absolute Gasteiger partial charge is 0.323 e. The first-order valence-electron chi connectivity index (χ1n) is 16.5. The molecular formula is C39H45N4O7PS. The Morgan fingerprint density at radius 3 is 2.17 bits per heavy atom. The van der Waals surface area contributed by atoms with E-state index >= 15 is 0 Å². The third-order valence-corrected chi connectivity index (χ3v) is 11.7. The molecule has 0 aliphatic carbocycles. The second kappa shape index (κ2) is 15.0. The summed E-state index contributed by atoms with van der Waals surface area (Å²) in [6, 6.07) is 22.8. The molecule has 11 nitrogen and oxygen atoms in total. The monoisotopic (exact) mass is 744 g/mol. The number of hydrogen-bond donors (Lipinski definition) is 2. The second-order valence-electron chi connectivity index (χ2n) is 14.0. The van der Waals surface area contributed by atoms with Crippen LogP contribution in [0.5, 0.6) is 23.0 Å². The number of carbonyl (C=O) groups excluding carboxylic acids is 1. The normalized spacial score (nSPS) is 12.1. The number of ether oxygens (including phenoxy) is 3. The summed E-state index contributed by atoms with van der Waals surface area (Å²) < 4.78 is 57.5. The van der Waals surface area contributed by atoms with Gasteiger partial charge in [-0.2, -0.15) is 0 Å².